The number of hydrogen-bond donors (Lipinski definition) is 0. The molecule has 0 N–H and O–H groups in total. The van der Waals surface area contributed by atoms with E-state index in [9.17, 15) is 9.59 Å². The molecule has 4 nitrogen and oxygen atoms in total. The Balaban J connectivity index is 1.85. The van der Waals surface area contributed by atoms with Gasteiger partial charge in [-0.2, -0.15) is 0 Å². The number of rotatable bonds is 1. The van der Waals surface area contributed by atoms with Crippen molar-refractivity contribution in [1.82, 2.24) is 0 Å². The summed E-state index contributed by atoms with van der Waals surface area (Å²) in [4.78, 5) is 28.6. The van der Waals surface area contributed by atoms with Crippen LogP contribution in [0.15, 0.2) is 60.7 Å². The van der Waals surface area contributed by atoms with Gasteiger partial charge in [0.2, 0.25) is 5.91 Å². The first-order valence-corrected chi connectivity index (χ1v) is 7.97. The summed E-state index contributed by atoms with van der Waals surface area (Å²) in [5.41, 5.74) is 3.56. The van der Waals surface area contributed by atoms with Gasteiger partial charge in [-0.15, -0.1) is 0 Å². The van der Waals surface area contributed by atoms with Crippen molar-refractivity contribution in [2.75, 3.05) is 16.3 Å². The lowest BCUT2D eigenvalue weighted by Crippen LogP contribution is -2.44. The summed E-state index contributed by atoms with van der Waals surface area (Å²) in [6.07, 6.45) is 0.361. The molecule has 0 saturated heterocycles. The minimum absolute atomic E-state index is 0.00339. The molecule has 0 radical (unpaired) electrons. The van der Waals surface area contributed by atoms with Gasteiger partial charge in [0.25, 0.3) is 5.91 Å². The van der Waals surface area contributed by atoms with Crippen molar-refractivity contribution >= 4 is 39.6 Å². The minimum atomic E-state index is -0.0785. The standard InChI is InChI=1S/C20H14N2O2/c23-18-11-16-15-9-5-4-6-13(15)10-17-20(16)21(18)12-19(24)22(17)14-7-2-1-3-8-14/h1-10H,11-12H2. The van der Waals surface area contributed by atoms with E-state index in [1.165, 1.54) is 0 Å². The van der Waals surface area contributed by atoms with Gasteiger partial charge in [0.1, 0.15) is 6.54 Å². The number of benzene rings is 3. The highest BCUT2D eigenvalue weighted by molar-refractivity contribution is 6.21. The Morgan fingerprint density at radius 1 is 0.833 bits per heavy atom. The maximum atomic E-state index is 12.8. The first-order valence-electron chi connectivity index (χ1n) is 7.97. The number of fused-ring (bicyclic) bond motifs is 2. The highest BCUT2D eigenvalue weighted by Crippen LogP contribution is 2.47. The topological polar surface area (TPSA) is 40.6 Å². The third-order valence-corrected chi connectivity index (χ3v) is 4.80. The molecule has 0 unspecified atom stereocenters. The smallest absolute Gasteiger partial charge is 0.251 e. The van der Waals surface area contributed by atoms with Gasteiger partial charge in [-0.3, -0.25) is 14.5 Å². The van der Waals surface area contributed by atoms with E-state index in [1.54, 1.807) is 9.80 Å². The van der Waals surface area contributed by atoms with Crippen LogP contribution in [0.5, 0.6) is 0 Å². The van der Waals surface area contributed by atoms with Gasteiger partial charge in [-0.05, 0) is 34.5 Å². The Morgan fingerprint density at radius 2 is 1.58 bits per heavy atom. The van der Waals surface area contributed by atoms with Crippen LogP contribution in [0.25, 0.3) is 10.8 Å². The van der Waals surface area contributed by atoms with E-state index in [0.717, 1.165) is 33.4 Å². The normalized spacial score (nSPS) is 16.0. The fourth-order valence-electron chi connectivity index (χ4n) is 3.79. The van der Waals surface area contributed by atoms with Crippen molar-refractivity contribution in [2.45, 2.75) is 6.42 Å². The molecule has 2 heterocycles. The van der Waals surface area contributed by atoms with E-state index >= 15 is 0 Å². The van der Waals surface area contributed by atoms with Gasteiger partial charge >= 0.3 is 0 Å². The highest BCUT2D eigenvalue weighted by atomic mass is 16.2. The molecule has 0 spiro atoms. The maximum Gasteiger partial charge on any atom is 0.251 e. The van der Waals surface area contributed by atoms with Gasteiger partial charge in [0.05, 0.1) is 17.8 Å². The highest BCUT2D eigenvalue weighted by Gasteiger charge is 2.40. The van der Waals surface area contributed by atoms with Crippen LogP contribution in [0.3, 0.4) is 0 Å². The molecule has 0 bridgehead atoms. The third kappa shape index (κ3) is 1.68. The molecule has 2 aliphatic rings. The summed E-state index contributed by atoms with van der Waals surface area (Å²) in [6.45, 7) is 0.103. The largest absolute Gasteiger partial charge is 0.300 e. The Hall–Kier alpha value is -3.14. The van der Waals surface area contributed by atoms with E-state index in [0.29, 0.717) is 6.42 Å². The number of hydrogen-bond acceptors (Lipinski definition) is 2. The molecule has 116 valence electrons. The lowest BCUT2D eigenvalue weighted by atomic mass is 9.99. The van der Waals surface area contributed by atoms with Crippen molar-refractivity contribution < 1.29 is 9.59 Å². The van der Waals surface area contributed by atoms with Gasteiger partial charge in [0.15, 0.2) is 0 Å². The lowest BCUT2D eigenvalue weighted by Gasteiger charge is -2.34. The van der Waals surface area contributed by atoms with Crippen LogP contribution in [0.4, 0.5) is 17.1 Å². The van der Waals surface area contributed by atoms with Crippen molar-refractivity contribution in [1.29, 1.82) is 0 Å². The van der Waals surface area contributed by atoms with E-state index in [1.807, 2.05) is 60.7 Å². The quantitative estimate of drug-likeness (QED) is 0.690. The van der Waals surface area contributed by atoms with Crippen LogP contribution in [0.2, 0.25) is 0 Å². The van der Waals surface area contributed by atoms with E-state index in [2.05, 4.69) is 0 Å². The molecule has 0 fully saturated rings. The van der Waals surface area contributed by atoms with E-state index in [-0.39, 0.29) is 18.4 Å². The third-order valence-electron chi connectivity index (χ3n) is 4.80. The van der Waals surface area contributed by atoms with Crippen molar-refractivity contribution in [3.63, 3.8) is 0 Å². The predicted octanol–water partition coefficient (Wildman–Crippen LogP) is 3.41. The molecule has 0 aromatic heterocycles. The van der Waals surface area contributed by atoms with Gasteiger partial charge in [-0.1, -0.05) is 42.5 Å². The molecule has 24 heavy (non-hydrogen) atoms. The first-order chi connectivity index (χ1) is 11.7. The Bertz CT molecular complexity index is 1010. The Labute approximate surface area is 138 Å². The number of amides is 2. The maximum absolute atomic E-state index is 12.8. The Kier molecular flexibility index (Phi) is 2.59. The van der Waals surface area contributed by atoms with Gasteiger partial charge in [0, 0.05) is 5.69 Å². The molecule has 4 heteroatoms. The second-order valence-electron chi connectivity index (χ2n) is 6.17. The average Bonchev–Trinajstić information content (AvgIpc) is 2.93. The van der Waals surface area contributed by atoms with Crippen LogP contribution in [0.1, 0.15) is 5.56 Å². The summed E-state index contributed by atoms with van der Waals surface area (Å²) >= 11 is 0. The molecular weight excluding hydrogens is 300 g/mol. The molecule has 3 aromatic rings. The number of para-hydroxylation sites is 1. The monoisotopic (exact) mass is 314 g/mol. The van der Waals surface area contributed by atoms with Crippen LogP contribution in [0, 0.1) is 0 Å². The van der Waals surface area contributed by atoms with Crippen LogP contribution >= 0.6 is 0 Å². The van der Waals surface area contributed by atoms with Crippen molar-refractivity contribution in [3.05, 3.63) is 66.2 Å². The van der Waals surface area contributed by atoms with Crippen molar-refractivity contribution in [3.8, 4) is 0 Å². The summed E-state index contributed by atoms with van der Waals surface area (Å²) in [5, 5.41) is 2.14. The van der Waals surface area contributed by atoms with E-state index < -0.39 is 0 Å². The average molecular weight is 314 g/mol. The molecule has 3 aromatic carbocycles. The summed E-state index contributed by atoms with van der Waals surface area (Å²) in [5.74, 6) is -0.0751. The molecule has 0 atom stereocenters. The zero-order chi connectivity index (χ0) is 16.3. The number of anilines is 3. The van der Waals surface area contributed by atoms with Gasteiger partial charge in [-0.25, -0.2) is 0 Å². The zero-order valence-corrected chi connectivity index (χ0v) is 12.9. The summed E-state index contributed by atoms with van der Waals surface area (Å²) in [7, 11) is 0. The summed E-state index contributed by atoms with van der Waals surface area (Å²) < 4.78 is 0. The molecule has 0 aliphatic carbocycles. The van der Waals surface area contributed by atoms with Crippen LogP contribution in [-0.2, 0) is 16.0 Å². The zero-order valence-electron chi connectivity index (χ0n) is 12.9. The second kappa shape index (κ2) is 4.68. The fraction of sp³-hybridized carbons (Fsp3) is 0.100. The number of nitrogens with zero attached hydrogens (tertiary/aromatic N) is 2. The molecule has 5 rings (SSSR count). The molecule has 0 saturated carbocycles. The molecular formula is C20H14N2O2. The lowest BCUT2D eigenvalue weighted by molar-refractivity contribution is -0.121. The van der Waals surface area contributed by atoms with Crippen LogP contribution in [-0.4, -0.2) is 18.4 Å². The SMILES string of the molecule is O=C1Cc2c3c(cc4ccccc24)N(c2ccccc2)C(=O)CN13. The van der Waals surface area contributed by atoms with Crippen LogP contribution < -0.4 is 9.80 Å². The first kappa shape index (κ1) is 13.3. The minimum Gasteiger partial charge on any atom is -0.300 e. The van der Waals surface area contributed by atoms with E-state index in [4.69, 9.17) is 0 Å². The second-order valence-corrected chi connectivity index (χ2v) is 6.17. The van der Waals surface area contributed by atoms with Gasteiger partial charge < -0.3 is 4.90 Å². The molecule has 2 amide bonds. The Morgan fingerprint density at radius 3 is 2.42 bits per heavy atom. The number of carbonyl (C=O) groups excluding carboxylic acids is 2. The fourth-order valence-corrected chi connectivity index (χ4v) is 3.79. The van der Waals surface area contributed by atoms with Crippen molar-refractivity contribution in [2.24, 2.45) is 0 Å². The molecule has 2 aliphatic heterocycles. The number of carbonyl (C=O) groups is 2. The summed E-state index contributed by atoms with van der Waals surface area (Å²) in [6, 6.07) is 19.7. The predicted molar refractivity (Wildman–Crippen MR) is 93.6 cm³/mol.